The van der Waals surface area contributed by atoms with Crippen molar-refractivity contribution in [3.05, 3.63) is 65.8 Å². The first kappa shape index (κ1) is 21.3. The van der Waals surface area contributed by atoms with Crippen LogP contribution in [-0.2, 0) is 17.9 Å². The number of halogens is 1. The fraction of sp³-hybridized carbons (Fsp3) is 0.462. The van der Waals surface area contributed by atoms with Crippen molar-refractivity contribution in [1.29, 1.82) is 5.41 Å². The minimum absolute atomic E-state index is 0. The highest BCUT2D eigenvalue weighted by Gasteiger charge is 2.51. The molecule has 0 atom stereocenters. The van der Waals surface area contributed by atoms with Crippen molar-refractivity contribution in [3.63, 3.8) is 0 Å². The molecule has 1 aromatic heterocycles. The van der Waals surface area contributed by atoms with Crippen LogP contribution in [0.3, 0.4) is 0 Å². The molecular weight excluding hydrogens is 420 g/mol. The maximum Gasteiger partial charge on any atom is 0.240 e. The highest BCUT2D eigenvalue weighted by atomic mass is 35.5. The topological polar surface area (TPSA) is 62.8 Å². The molecular formula is C26H31ClN4O. The normalized spacial score (nSPS) is 27.9. The van der Waals surface area contributed by atoms with Gasteiger partial charge >= 0.3 is 0 Å². The molecule has 6 heteroatoms. The van der Waals surface area contributed by atoms with Gasteiger partial charge < -0.3 is 14.5 Å². The monoisotopic (exact) mass is 450 g/mol. The summed E-state index contributed by atoms with van der Waals surface area (Å²) in [5.74, 6) is 2.47. The van der Waals surface area contributed by atoms with Gasteiger partial charge in [0, 0.05) is 5.54 Å². The Morgan fingerprint density at radius 3 is 2.00 bits per heavy atom. The zero-order chi connectivity index (χ0) is 21.0. The molecule has 2 N–H and O–H groups in total. The molecule has 0 unspecified atom stereocenters. The third-order valence-electron chi connectivity index (χ3n) is 7.90. The number of hydrogen-bond acceptors (Lipinski definition) is 2. The predicted molar refractivity (Wildman–Crippen MR) is 128 cm³/mol. The van der Waals surface area contributed by atoms with E-state index in [1.54, 1.807) is 0 Å². The lowest BCUT2D eigenvalue weighted by molar-refractivity contribution is -0.127. The lowest BCUT2D eigenvalue weighted by atomic mass is 9.53. The van der Waals surface area contributed by atoms with Crippen molar-refractivity contribution < 1.29 is 4.79 Å². The average molecular weight is 451 g/mol. The summed E-state index contributed by atoms with van der Waals surface area (Å²) in [6.45, 7) is 0.840. The van der Waals surface area contributed by atoms with Crippen molar-refractivity contribution >= 4 is 29.3 Å². The molecule has 2 aromatic carbocycles. The maximum absolute atomic E-state index is 13.2. The van der Waals surface area contributed by atoms with Crippen LogP contribution >= 0.6 is 12.4 Å². The molecule has 7 rings (SSSR count). The third kappa shape index (κ3) is 3.66. The van der Waals surface area contributed by atoms with Crippen molar-refractivity contribution in [1.82, 2.24) is 14.5 Å². The van der Waals surface area contributed by atoms with Gasteiger partial charge in [0.2, 0.25) is 11.5 Å². The van der Waals surface area contributed by atoms with Gasteiger partial charge in [-0.3, -0.25) is 10.2 Å². The smallest absolute Gasteiger partial charge is 0.240 e. The lowest BCUT2D eigenvalue weighted by Gasteiger charge is -2.56. The van der Waals surface area contributed by atoms with Gasteiger partial charge in [0.15, 0.2) is 0 Å². The van der Waals surface area contributed by atoms with E-state index in [4.69, 9.17) is 5.41 Å². The van der Waals surface area contributed by atoms with Gasteiger partial charge in [-0.25, -0.2) is 0 Å². The number of benzene rings is 2. The number of para-hydroxylation sites is 2. The Balaban J connectivity index is 0.00000216. The van der Waals surface area contributed by atoms with Crippen molar-refractivity contribution in [2.24, 2.45) is 17.8 Å². The fourth-order valence-electron chi connectivity index (χ4n) is 7.12. The molecule has 1 amide bonds. The van der Waals surface area contributed by atoms with Gasteiger partial charge in [0.1, 0.15) is 6.54 Å². The van der Waals surface area contributed by atoms with Gasteiger partial charge in [0.05, 0.1) is 17.6 Å². The Kier molecular flexibility index (Phi) is 5.40. The Morgan fingerprint density at radius 1 is 0.875 bits per heavy atom. The number of amides is 1. The molecule has 4 aliphatic carbocycles. The summed E-state index contributed by atoms with van der Waals surface area (Å²) in [6.07, 6.45) is 7.56. The number of carbonyl (C=O) groups excluding carboxylic acids is 1. The van der Waals surface area contributed by atoms with Crippen LogP contribution in [0, 0.1) is 23.2 Å². The standard InChI is InChI=1S/C26H30N4O.ClH/c27-25-29(16-18-6-2-1-3-7-18)22-8-4-5-9-23(22)30(25)17-24(31)28-26-13-19-10-20(14-26)12-21(11-19)15-26;/h1-9,19-21,27H,10-17H2,(H,28,31);1H. The molecule has 4 saturated carbocycles. The number of nitrogens with one attached hydrogen (secondary N) is 2. The van der Waals surface area contributed by atoms with E-state index in [-0.39, 0.29) is 30.4 Å². The van der Waals surface area contributed by atoms with Crippen molar-refractivity contribution in [2.75, 3.05) is 0 Å². The highest BCUT2D eigenvalue weighted by Crippen LogP contribution is 2.55. The minimum Gasteiger partial charge on any atom is -0.349 e. The molecule has 3 aromatic rings. The largest absolute Gasteiger partial charge is 0.349 e. The van der Waals surface area contributed by atoms with Crippen LogP contribution in [0.2, 0.25) is 0 Å². The second-order valence-corrected chi connectivity index (χ2v) is 10.2. The summed E-state index contributed by atoms with van der Waals surface area (Å²) in [4.78, 5) is 13.2. The average Bonchev–Trinajstić information content (AvgIpc) is 2.99. The van der Waals surface area contributed by atoms with Crippen LogP contribution in [0.15, 0.2) is 54.6 Å². The van der Waals surface area contributed by atoms with Crippen LogP contribution in [0.25, 0.3) is 11.0 Å². The van der Waals surface area contributed by atoms with E-state index in [0.29, 0.717) is 12.2 Å². The lowest BCUT2D eigenvalue weighted by Crippen LogP contribution is -2.60. The van der Waals surface area contributed by atoms with E-state index in [2.05, 4.69) is 17.4 Å². The van der Waals surface area contributed by atoms with Crippen molar-refractivity contribution in [3.8, 4) is 0 Å². The third-order valence-corrected chi connectivity index (χ3v) is 7.90. The number of fused-ring (bicyclic) bond motifs is 1. The van der Waals surface area contributed by atoms with Gasteiger partial charge in [0.25, 0.3) is 0 Å². The minimum atomic E-state index is 0. The Hall–Kier alpha value is -2.53. The van der Waals surface area contributed by atoms with Crippen LogP contribution in [0.1, 0.15) is 44.1 Å². The predicted octanol–water partition coefficient (Wildman–Crippen LogP) is 4.48. The summed E-state index contributed by atoms with van der Waals surface area (Å²) < 4.78 is 3.87. The molecule has 0 radical (unpaired) electrons. The Bertz CT molecular complexity index is 1160. The molecule has 0 saturated heterocycles. The second-order valence-electron chi connectivity index (χ2n) is 10.2. The van der Waals surface area contributed by atoms with E-state index in [0.717, 1.165) is 53.6 Å². The number of aromatic nitrogens is 2. The second kappa shape index (κ2) is 8.11. The quantitative estimate of drug-likeness (QED) is 0.591. The van der Waals surface area contributed by atoms with Crippen LogP contribution in [-0.4, -0.2) is 20.6 Å². The number of carbonyl (C=O) groups is 1. The number of rotatable bonds is 5. The number of hydrogen-bond donors (Lipinski definition) is 2. The number of imidazole rings is 1. The molecule has 0 aliphatic heterocycles. The molecule has 168 valence electrons. The van der Waals surface area contributed by atoms with Crippen LogP contribution in [0.5, 0.6) is 0 Å². The van der Waals surface area contributed by atoms with Crippen LogP contribution in [0.4, 0.5) is 0 Å². The Labute approximate surface area is 194 Å². The van der Waals surface area contributed by atoms with Gasteiger partial charge in [-0.15, -0.1) is 12.4 Å². The first-order chi connectivity index (χ1) is 15.1. The molecule has 4 aliphatic rings. The van der Waals surface area contributed by atoms with E-state index < -0.39 is 0 Å². The van der Waals surface area contributed by atoms with Crippen molar-refractivity contribution in [2.45, 2.75) is 57.2 Å². The molecule has 32 heavy (non-hydrogen) atoms. The summed E-state index contributed by atoms with van der Waals surface area (Å²) in [5.41, 5.74) is 3.49. The van der Waals surface area contributed by atoms with Gasteiger partial charge in [-0.2, -0.15) is 0 Å². The first-order valence-corrected chi connectivity index (χ1v) is 11.7. The zero-order valence-corrected chi connectivity index (χ0v) is 19.1. The molecule has 4 fully saturated rings. The highest BCUT2D eigenvalue weighted by molar-refractivity contribution is 5.85. The summed E-state index contributed by atoms with van der Waals surface area (Å²) in [6, 6.07) is 18.3. The van der Waals surface area contributed by atoms with E-state index in [1.165, 1.54) is 19.3 Å². The van der Waals surface area contributed by atoms with Gasteiger partial charge in [-0.1, -0.05) is 42.5 Å². The summed E-state index contributed by atoms with van der Waals surface area (Å²) in [5, 5.41) is 12.3. The first-order valence-electron chi connectivity index (χ1n) is 11.7. The fourth-order valence-corrected chi connectivity index (χ4v) is 7.12. The van der Waals surface area contributed by atoms with Crippen LogP contribution < -0.4 is 10.9 Å². The number of nitrogens with zero attached hydrogens (tertiary/aromatic N) is 2. The zero-order valence-electron chi connectivity index (χ0n) is 18.3. The molecule has 1 heterocycles. The van der Waals surface area contributed by atoms with E-state index >= 15 is 0 Å². The summed E-state index contributed by atoms with van der Waals surface area (Å²) >= 11 is 0. The Morgan fingerprint density at radius 2 is 1.41 bits per heavy atom. The van der Waals surface area contributed by atoms with Gasteiger partial charge in [-0.05, 0) is 74.0 Å². The summed E-state index contributed by atoms with van der Waals surface area (Å²) in [7, 11) is 0. The molecule has 4 bridgehead atoms. The SMILES string of the molecule is Cl.N=c1n(CC(=O)NC23CC4CC(CC(C4)C2)C3)c2ccccc2n1Cc1ccccc1. The molecule has 5 nitrogen and oxygen atoms in total. The van der Waals surface area contributed by atoms with E-state index in [1.807, 2.05) is 51.6 Å². The molecule has 0 spiro atoms. The maximum atomic E-state index is 13.2. The van der Waals surface area contributed by atoms with E-state index in [9.17, 15) is 4.79 Å².